The number of hydrogen-bond acceptors (Lipinski definition) is 4. The lowest BCUT2D eigenvalue weighted by atomic mass is 10.2. The number of carboxylic acid groups (broad SMARTS) is 1. The summed E-state index contributed by atoms with van der Waals surface area (Å²) >= 11 is 0. The standard InChI is InChI=1S/C11H8FN3O4/c12-8-4-2-1-3-7(8)6-14-9(11(16)17)5-10(13-14)15(18)19/h1-5H,6H2,(H,16,17). The Balaban J connectivity index is 2.42. The summed E-state index contributed by atoms with van der Waals surface area (Å²) in [4.78, 5) is 20.7. The molecule has 2 rings (SSSR count). The zero-order valence-electron chi connectivity index (χ0n) is 9.49. The van der Waals surface area contributed by atoms with Gasteiger partial charge in [-0.15, -0.1) is 0 Å². The number of carboxylic acids is 1. The SMILES string of the molecule is O=C(O)c1cc([N+](=O)[O-])nn1Cc1ccccc1F. The van der Waals surface area contributed by atoms with E-state index in [2.05, 4.69) is 5.10 Å². The second kappa shape index (κ2) is 4.84. The summed E-state index contributed by atoms with van der Waals surface area (Å²) < 4.78 is 14.3. The van der Waals surface area contributed by atoms with Gasteiger partial charge in [-0.25, -0.2) is 9.18 Å². The zero-order valence-corrected chi connectivity index (χ0v) is 9.49. The largest absolute Gasteiger partial charge is 0.476 e. The molecule has 0 saturated carbocycles. The molecule has 0 radical (unpaired) electrons. The van der Waals surface area contributed by atoms with E-state index < -0.39 is 22.5 Å². The van der Waals surface area contributed by atoms with Gasteiger partial charge >= 0.3 is 11.8 Å². The fraction of sp³-hybridized carbons (Fsp3) is 0.0909. The smallest absolute Gasteiger partial charge is 0.390 e. The van der Waals surface area contributed by atoms with E-state index in [0.29, 0.717) is 0 Å². The van der Waals surface area contributed by atoms with E-state index >= 15 is 0 Å². The highest BCUT2D eigenvalue weighted by Gasteiger charge is 2.23. The minimum atomic E-state index is -1.36. The van der Waals surface area contributed by atoms with Gasteiger partial charge in [-0.1, -0.05) is 18.2 Å². The number of aromatic carboxylic acids is 1. The topological polar surface area (TPSA) is 98.3 Å². The summed E-state index contributed by atoms with van der Waals surface area (Å²) in [5.74, 6) is -2.48. The third-order valence-corrected chi connectivity index (χ3v) is 2.45. The van der Waals surface area contributed by atoms with Crippen molar-refractivity contribution in [2.45, 2.75) is 6.54 Å². The van der Waals surface area contributed by atoms with Gasteiger partial charge in [-0.2, -0.15) is 4.68 Å². The minimum absolute atomic E-state index is 0.192. The minimum Gasteiger partial charge on any atom is -0.476 e. The second-order valence-electron chi connectivity index (χ2n) is 3.70. The number of halogens is 1. The van der Waals surface area contributed by atoms with Crippen molar-refractivity contribution in [3.63, 3.8) is 0 Å². The van der Waals surface area contributed by atoms with Crippen molar-refractivity contribution in [3.8, 4) is 0 Å². The van der Waals surface area contributed by atoms with Gasteiger partial charge in [0.1, 0.15) is 5.82 Å². The molecule has 0 bridgehead atoms. The van der Waals surface area contributed by atoms with Crippen LogP contribution in [0.1, 0.15) is 16.1 Å². The van der Waals surface area contributed by atoms with E-state index in [9.17, 15) is 19.3 Å². The number of carbonyl (C=O) groups is 1. The molecule has 0 aliphatic heterocycles. The van der Waals surface area contributed by atoms with Crippen LogP contribution in [0.4, 0.5) is 10.2 Å². The molecule has 0 unspecified atom stereocenters. The van der Waals surface area contributed by atoms with Gasteiger partial charge in [-0.05, 0) is 11.0 Å². The van der Waals surface area contributed by atoms with Gasteiger partial charge < -0.3 is 15.2 Å². The third kappa shape index (κ3) is 2.57. The Morgan fingerprint density at radius 2 is 2.16 bits per heavy atom. The molecule has 0 spiro atoms. The molecule has 0 atom stereocenters. The van der Waals surface area contributed by atoms with E-state index in [1.807, 2.05) is 0 Å². The van der Waals surface area contributed by atoms with Crippen LogP contribution in [0.2, 0.25) is 0 Å². The lowest BCUT2D eigenvalue weighted by Gasteiger charge is -2.01. The van der Waals surface area contributed by atoms with Crippen LogP contribution in [0.15, 0.2) is 30.3 Å². The van der Waals surface area contributed by atoms with Gasteiger partial charge in [0.05, 0.1) is 17.7 Å². The van der Waals surface area contributed by atoms with Crippen LogP contribution in [0.25, 0.3) is 0 Å². The fourth-order valence-electron chi connectivity index (χ4n) is 1.57. The average Bonchev–Trinajstić information content (AvgIpc) is 2.76. The summed E-state index contributed by atoms with van der Waals surface area (Å²) in [5, 5.41) is 23.0. The first kappa shape index (κ1) is 12.7. The van der Waals surface area contributed by atoms with E-state index in [1.165, 1.54) is 18.2 Å². The maximum atomic E-state index is 13.5. The molecule has 1 aromatic heterocycles. The maximum Gasteiger partial charge on any atom is 0.390 e. The molecular formula is C11H8FN3O4. The van der Waals surface area contributed by atoms with Crippen molar-refractivity contribution >= 4 is 11.8 Å². The lowest BCUT2D eigenvalue weighted by molar-refractivity contribution is -0.389. The Hall–Kier alpha value is -2.77. The summed E-state index contributed by atoms with van der Waals surface area (Å²) in [5.41, 5.74) is -0.169. The molecule has 19 heavy (non-hydrogen) atoms. The van der Waals surface area contributed by atoms with Gasteiger partial charge in [0, 0.05) is 5.56 Å². The van der Waals surface area contributed by atoms with Gasteiger partial charge in [0.2, 0.25) is 0 Å². The number of rotatable bonds is 4. The van der Waals surface area contributed by atoms with E-state index in [-0.39, 0.29) is 17.8 Å². The summed E-state index contributed by atoms with van der Waals surface area (Å²) in [6.45, 7) is -0.192. The van der Waals surface area contributed by atoms with Crippen molar-refractivity contribution < 1.29 is 19.2 Å². The molecule has 0 amide bonds. The number of nitro groups is 1. The molecule has 2 aromatic rings. The van der Waals surface area contributed by atoms with Crippen LogP contribution in [0.3, 0.4) is 0 Å². The first-order valence-corrected chi connectivity index (χ1v) is 5.18. The molecule has 1 N–H and O–H groups in total. The summed E-state index contributed by atoms with van der Waals surface area (Å²) in [6, 6.07) is 6.57. The van der Waals surface area contributed by atoms with Gasteiger partial charge in [0.25, 0.3) is 0 Å². The highest BCUT2D eigenvalue weighted by Crippen LogP contribution is 2.15. The molecule has 8 heteroatoms. The van der Waals surface area contributed by atoms with Crippen LogP contribution in [0, 0.1) is 15.9 Å². The Morgan fingerprint density at radius 3 is 2.74 bits per heavy atom. The average molecular weight is 265 g/mol. The maximum absolute atomic E-state index is 13.5. The Labute approximate surface area is 106 Å². The predicted octanol–water partition coefficient (Wildman–Crippen LogP) is 1.68. The van der Waals surface area contributed by atoms with Crippen LogP contribution in [-0.4, -0.2) is 25.8 Å². The van der Waals surface area contributed by atoms with Crippen molar-refractivity contribution in [2.24, 2.45) is 0 Å². The highest BCUT2D eigenvalue weighted by molar-refractivity contribution is 5.86. The van der Waals surface area contributed by atoms with Crippen LogP contribution in [-0.2, 0) is 6.54 Å². The van der Waals surface area contributed by atoms with E-state index in [0.717, 1.165) is 10.7 Å². The van der Waals surface area contributed by atoms with Crippen molar-refractivity contribution in [2.75, 3.05) is 0 Å². The molecule has 98 valence electrons. The predicted molar refractivity (Wildman–Crippen MR) is 61.3 cm³/mol. The van der Waals surface area contributed by atoms with Crippen molar-refractivity contribution in [1.29, 1.82) is 0 Å². The molecule has 1 aromatic carbocycles. The van der Waals surface area contributed by atoms with Crippen LogP contribution in [0.5, 0.6) is 0 Å². The van der Waals surface area contributed by atoms with Gasteiger partial charge in [-0.3, -0.25) is 0 Å². The summed E-state index contributed by atoms with van der Waals surface area (Å²) in [6.07, 6.45) is 0. The quantitative estimate of drug-likeness (QED) is 0.669. The Bertz CT molecular complexity index is 653. The van der Waals surface area contributed by atoms with E-state index in [4.69, 9.17) is 5.11 Å². The van der Waals surface area contributed by atoms with Crippen molar-refractivity contribution in [1.82, 2.24) is 9.78 Å². The normalized spacial score (nSPS) is 10.4. The fourth-order valence-corrected chi connectivity index (χ4v) is 1.57. The highest BCUT2D eigenvalue weighted by atomic mass is 19.1. The molecule has 0 saturated heterocycles. The number of hydrogen-bond donors (Lipinski definition) is 1. The Morgan fingerprint density at radius 1 is 1.47 bits per heavy atom. The Kier molecular flexibility index (Phi) is 3.23. The third-order valence-electron chi connectivity index (χ3n) is 2.45. The number of aromatic nitrogens is 2. The monoisotopic (exact) mass is 265 g/mol. The summed E-state index contributed by atoms with van der Waals surface area (Å²) in [7, 11) is 0. The zero-order chi connectivity index (χ0) is 14.0. The number of benzene rings is 1. The molecular weight excluding hydrogens is 257 g/mol. The van der Waals surface area contributed by atoms with Crippen LogP contribution < -0.4 is 0 Å². The van der Waals surface area contributed by atoms with Crippen LogP contribution >= 0.6 is 0 Å². The first-order valence-electron chi connectivity index (χ1n) is 5.18. The molecule has 0 aliphatic rings. The molecule has 1 heterocycles. The molecule has 0 aliphatic carbocycles. The second-order valence-corrected chi connectivity index (χ2v) is 3.70. The first-order chi connectivity index (χ1) is 8.99. The number of nitrogens with zero attached hydrogens (tertiary/aromatic N) is 3. The van der Waals surface area contributed by atoms with E-state index in [1.54, 1.807) is 6.07 Å². The molecule has 7 nitrogen and oxygen atoms in total. The molecule has 0 fully saturated rings. The van der Waals surface area contributed by atoms with Crippen molar-refractivity contribution in [3.05, 3.63) is 57.5 Å². The van der Waals surface area contributed by atoms with Gasteiger partial charge in [0.15, 0.2) is 5.69 Å². The lowest BCUT2D eigenvalue weighted by Crippen LogP contribution is -2.11.